The number of benzene rings is 1. The van der Waals surface area contributed by atoms with Crippen LogP contribution in [0.2, 0.25) is 0 Å². The van der Waals surface area contributed by atoms with E-state index in [9.17, 15) is 34.5 Å². The van der Waals surface area contributed by atoms with E-state index in [2.05, 4.69) is 0 Å². The Morgan fingerprint density at radius 1 is 0.649 bits per heavy atom. The molecule has 0 unspecified atom stereocenters. The second kappa shape index (κ2) is 15.9. The van der Waals surface area contributed by atoms with Crippen LogP contribution in [0.25, 0.3) is 0 Å². The molecule has 1 aromatic carbocycles. The molecule has 4 atom stereocenters. The molecule has 0 amide bonds. The SMILES string of the molecule is [2H]C([2H])(C[C@H](N)C(=O)O)C([2H])([2H])c1c(CC[C@H](N)C(=O)O)cc(CCCC[C@H](N)C(=O)O)cc1CC[C@H](N)C(=O)O. The first-order valence-corrected chi connectivity index (χ1v) is 11.9. The summed E-state index contributed by atoms with van der Waals surface area (Å²) >= 11 is 0. The Bertz CT molecular complexity index is 1060. The number of carboxylic acids is 4. The predicted octanol–water partition coefficient (Wildman–Crippen LogP) is 0.235. The van der Waals surface area contributed by atoms with Crippen molar-refractivity contribution >= 4 is 23.9 Å². The first-order valence-electron chi connectivity index (χ1n) is 13.9. The van der Waals surface area contributed by atoms with Gasteiger partial charge < -0.3 is 43.4 Å². The zero-order valence-corrected chi connectivity index (χ0v) is 20.6. The summed E-state index contributed by atoms with van der Waals surface area (Å²) in [4.78, 5) is 45.0. The molecule has 208 valence electrons. The van der Waals surface area contributed by atoms with E-state index < -0.39 is 67.2 Å². The summed E-state index contributed by atoms with van der Waals surface area (Å²) < 4.78 is 34.6. The largest absolute Gasteiger partial charge is 0.480 e. The van der Waals surface area contributed by atoms with Gasteiger partial charge >= 0.3 is 23.9 Å². The van der Waals surface area contributed by atoms with Crippen LogP contribution in [0.3, 0.4) is 0 Å². The Labute approximate surface area is 221 Å². The van der Waals surface area contributed by atoms with E-state index in [1.165, 1.54) is 0 Å². The van der Waals surface area contributed by atoms with E-state index in [4.69, 9.17) is 33.5 Å². The first kappa shape index (κ1) is 25.6. The van der Waals surface area contributed by atoms with Gasteiger partial charge in [0.1, 0.15) is 24.2 Å². The van der Waals surface area contributed by atoms with Crippen molar-refractivity contribution in [1.29, 1.82) is 0 Å². The van der Waals surface area contributed by atoms with Crippen molar-refractivity contribution in [2.45, 2.75) is 94.7 Å². The summed E-state index contributed by atoms with van der Waals surface area (Å²) in [5.74, 6) is -5.25. The molecule has 0 saturated carbocycles. The number of hydrogen-bond donors (Lipinski definition) is 8. The van der Waals surface area contributed by atoms with Crippen LogP contribution in [-0.4, -0.2) is 68.5 Å². The fourth-order valence-corrected chi connectivity index (χ4v) is 3.56. The maximum atomic E-state index is 11.3. The predicted molar refractivity (Wildman–Crippen MR) is 136 cm³/mol. The summed E-state index contributed by atoms with van der Waals surface area (Å²) in [6, 6.07) is -2.22. The standard InChI is InChI=1S/C25H40N4O8/c26-18(22(30)31)6-2-1-4-14-12-15(8-10-20(28)24(34)35)17(5-3-7-19(27)23(32)33)16(13-14)9-11-21(29)25(36)37/h12-13,18-21H,1-11,26-29H2,(H,30,31)(H,32,33)(H,34,35)(H,36,37)/t18-,19-,20-,21-/m0/s1/i3D2,5D2. The van der Waals surface area contributed by atoms with E-state index in [0.29, 0.717) is 24.8 Å². The van der Waals surface area contributed by atoms with Crippen molar-refractivity contribution in [1.82, 2.24) is 0 Å². The Kier molecular flexibility index (Phi) is 11.0. The van der Waals surface area contributed by atoms with E-state index >= 15 is 0 Å². The first-order chi connectivity index (χ1) is 18.8. The summed E-state index contributed by atoms with van der Waals surface area (Å²) in [5.41, 5.74) is 23.3. The van der Waals surface area contributed by atoms with Gasteiger partial charge in [0, 0.05) is 5.48 Å². The van der Waals surface area contributed by atoms with E-state index in [0.717, 1.165) is 0 Å². The highest BCUT2D eigenvalue weighted by molar-refractivity contribution is 5.74. The van der Waals surface area contributed by atoms with Gasteiger partial charge in [-0.1, -0.05) is 18.6 Å². The second-order valence-electron chi connectivity index (χ2n) is 8.90. The number of carbonyl (C=O) groups is 4. The molecule has 37 heavy (non-hydrogen) atoms. The van der Waals surface area contributed by atoms with Crippen LogP contribution in [0.4, 0.5) is 0 Å². The van der Waals surface area contributed by atoms with Gasteiger partial charge in [-0.3, -0.25) is 19.2 Å². The highest BCUT2D eigenvalue weighted by Gasteiger charge is 2.19. The van der Waals surface area contributed by atoms with Crippen LogP contribution >= 0.6 is 0 Å². The van der Waals surface area contributed by atoms with Crippen LogP contribution in [0.1, 0.15) is 72.6 Å². The molecular weight excluding hydrogens is 484 g/mol. The van der Waals surface area contributed by atoms with Crippen molar-refractivity contribution in [3.63, 3.8) is 0 Å². The molecule has 12 heteroatoms. The quantitative estimate of drug-likeness (QED) is 0.112. The van der Waals surface area contributed by atoms with Crippen LogP contribution in [0.5, 0.6) is 0 Å². The molecule has 0 aromatic heterocycles. The molecule has 1 rings (SSSR count). The minimum Gasteiger partial charge on any atom is -0.480 e. The minimum atomic E-state index is -2.85. The Balaban J connectivity index is 3.66. The Morgan fingerprint density at radius 3 is 1.49 bits per heavy atom. The van der Waals surface area contributed by atoms with E-state index in [1.807, 2.05) is 0 Å². The average molecular weight is 529 g/mol. The Hall–Kier alpha value is -3.06. The van der Waals surface area contributed by atoms with Gasteiger partial charge in [0.2, 0.25) is 0 Å². The molecule has 0 aliphatic rings. The Morgan fingerprint density at radius 2 is 1.05 bits per heavy atom. The second-order valence-corrected chi connectivity index (χ2v) is 8.90. The highest BCUT2D eigenvalue weighted by atomic mass is 16.4. The summed E-state index contributed by atoms with van der Waals surface area (Å²) in [7, 11) is 0. The van der Waals surface area contributed by atoms with Gasteiger partial charge in [-0.25, -0.2) is 0 Å². The molecule has 0 aliphatic heterocycles. The normalized spacial score (nSPS) is 16.9. The lowest BCUT2D eigenvalue weighted by atomic mass is 9.87. The minimum absolute atomic E-state index is 0.0842. The maximum Gasteiger partial charge on any atom is 0.320 e. The van der Waals surface area contributed by atoms with E-state index in [-0.39, 0.29) is 48.8 Å². The number of carboxylic acid groups (broad SMARTS) is 4. The third-order valence-electron chi connectivity index (χ3n) is 5.85. The van der Waals surface area contributed by atoms with Crippen LogP contribution < -0.4 is 22.9 Å². The molecule has 0 spiro atoms. The molecule has 0 saturated heterocycles. The molecule has 0 aliphatic carbocycles. The lowest BCUT2D eigenvalue weighted by Crippen LogP contribution is -2.31. The highest BCUT2D eigenvalue weighted by Crippen LogP contribution is 2.25. The number of aliphatic carboxylic acids is 4. The van der Waals surface area contributed by atoms with Crippen LogP contribution in [0.15, 0.2) is 12.1 Å². The number of aryl methyl sites for hydroxylation is 3. The lowest BCUT2D eigenvalue weighted by Gasteiger charge is -2.20. The number of hydrogen-bond acceptors (Lipinski definition) is 8. The molecule has 0 bridgehead atoms. The van der Waals surface area contributed by atoms with Crippen molar-refractivity contribution in [2.75, 3.05) is 0 Å². The lowest BCUT2D eigenvalue weighted by molar-refractivity contribution is -0.139. The topological polar surface area (TPSA) is 253 Å². The molecular formula is C25H40N4O8. The summed E-state index contributed by atoms with van der Waals surface area (Å²) in [5, 5.41) is 36.7. The van der Waals surface area contributed by atoms with Gasteiger partial charge in [-0.2, -0.15) is 0 Å². The smallest absolute Gasteiger partial charge is 0.320 e. The monoisotopic (exact) mass is 528 g/mol. The average Bonchev–Trinajstić information content (AvgIpc) is 2.86. The van der Waals surface area contributed by atoms with Gasteiger partial charge in [0.25, 0.3) is 0 Å². The molecule has 0 heterocycles. The van der Waals surface area contributed by atoms with Crippen molar-refractivity contribution in [3.8, 4) is 0 Å². The molecule has 12 N–H and O–H groups in total. The summed E-state index contributed by atoms with van der Waals surface area (Å²) in [6.45, 7) is 0. The fourth-order valence-electron chi connectivity index (χ4n) is 3.56. The van der Waals surface area contributed by atoms with Crippen LogP contribution in [0, 0.1) is 0 Å². The van der Waals surface area contributed by atoms with Gasteiger partial charge in [0.05, 0.1) is 0 Å². The van der Waals surface area contributed by atoms with Gasteiger partial charge in [0.15, 0.2) is 0 Å². The molecule has 0 radical (unpaired) electrons. The summed E-state index contributed by atoms with van der Waals surface area (Å²) in [6.07, 6.45) is -5.47. The van der Waals surface area contributed by atoms with Gasteiger partial charge in [-0.05, 0) is 86.4 Å². The number of unbranched alkanes of at least 4 members (excludes halogenated alkanes) is 1. The van der Waals surface area contributed by atoms with Crippen molar-refractivity contribution < 1.29 is 45.1 Å². The van der Waals surface area contributed by atoms with E-state index in [1.54, 1.807) is 12.1 Å². The van der Waals surface area contributed by atoms with Crippen molar-refractivity contribution in [3.05, 3.63) is 34.4 Å². The zero-order valence-electron chi connectivity index (χ0n) is 24.6. The number of rotatable bonds is 19. The molecule has 1 aromatic rings. The fraction of sp³-hybridized carbons (Fsp3) is 0.600. The maximum absolute atomic E-state index is 11.3. The third-order valence-corrected chi connectivity index (χ3v) is 5.85. The third kappa shape index (κ3) is 11.7. The van der Waals surface area contributed by atoms with Crippen molar-refractivity contribution in [2.24, 2.45) is 22.9 Å². The molecule has 12 nitrogen and oxygen atoms in total. The number of nitrogens with two attached hydrogens (primary N) is 4. The van der Waals surface area contributed by atoms with Crippen LogP contribution in [-0.2, 0) is 44.8 Å². The zero-order chi connectivity index (χ0) is 31.7. The van der Waals surface area contributed by atoms with Gasteiger partial charge in [-0.15, -0.1) is 0 Å². The molecule has 0 fully saturated rings.